The van der Waals surface area contributed by atoms with Gasteiger partial charge >= 0.3 is 0 Å². The molecule has 0 unspecified atom stereocenters. The van der Waals surface area contributed by atoms with Crippen LogP contribution in [0.2, 0.25) is 0 Å². The normalized spacial score (nSPS) is 10.8. The number of nitriles is 1. The number of anilines is 1. The number of nitrogens with one attached hydrogen (secondary N) is 1. The molecule has 21 heavy (non-hydrogen) atoms. The lowest BCUT2D eigenvalue weighted by Gasteiger charge is -2.06. The minimum atomic E-state index is -3.43. The number of nitrogens with zero attached hydrogens (tertiary/aromatic N) is 1. The van der Waals surface area contributed by atoms with Crippen LogP contribution in [0.15, 0.2) is 46.0 Å². The third-order valence-corrected chi connectivity index (χ3v) is 5.92. The SMILES string of the molecule is N#Cc1ccccc1NC(=O)CCS(=O)(=O)c1cccs1. The van der Waals surface area contributed by atoms with E-state index in [1.807, 2.05) is 6.07 Å². The molecule has 0 bridgehead atoms. The van der Waals surface area contributed by atoms with Crippen LogP contribution in [0.1, 0.15) is 12.0 Å². The summed E-state index contributed by atoms with van der Waals surface area (Å²) < 4.78 is 24.2. The molecule has 1 N–H and O–H groups in total. The maximum atomic E-state index is 12.0. The van der Waals surface area contributed by atoms with Crippen molar-refractivity contribution in [2.75, 3.05) is 11.1 Å². The first-order chi connectivity index (χ1) is 10.0. The fourth-order valence-corrected chi connectivity index (χ4v) is 4.06. The smallest absolute Gasteiger partial charge is 0.225 e. The quantitative estimate of drug-likeness (QED) is 0.916. The summed E-state index contributed by atoms with van der Waals surface area (Å²) in [6, 6.07) is 11.7. The van der Waals surface area contributed by atoms with E-state index >= 15 is 0 Å². The summed E-state index contributed by atoms with van der Waals surface area (Å²) in [5.41, 5.74) is 0.727. The number of thiophene rings is 1. The number of benzene rings is 1. The van der Waals surface area contributed by atoms with Crippen molar-refractivity contribution < 1.29 is 13.2 Å². The lowest BCUT2D eigenvalue weighted by atomic mass is 10.2. The van der Waals surface area contributed by atoms with Crippen molar-refractivity contribution in [3.05, 3.63) is 47.3 Å². The predicted molar refractivity (Wildman–Crippen MR) is 80.8 cm³/mol. The first-order valence-electron chi connectivity index (χ1n) is 6.08. The molecule has 2 rings (SSSR count). The molecule has 5 nitrogen and oxygen atoms in total. The number of sulfone groups is 1. The second-order valence-electron chi connectivity index (χ2n) is 4.21. The van der Waals surface area contributed by atoms with Crippen molar-refractivity contribution in [1.82, 2.24) is 0 Å². The molecule has 0 aliphatic heterocycles. The van der Waals surface area contributed by atoms with Crippen molar-refractivity contribution >= 4 is 32.8 Å². The average molecular weight is 320 g/mol. The monoisotopic (exact) mass is 320 g/mol. The summed E-state index contributed by atoms with van der Waals surface area (Å²) in [7, 11) is -3.43. The predicted octanol–water partition coefficient (Wildman–Crippen LogP) is 2.42. The first kappa shape index (κ1) is 15.2. The second kappa shape index (κ2) is 6.52. The maximum absolute atomic E-state index is 12.0. The third kappa shape index (κ3) is 3.90. The zero-order chi connectivity index (χ0) is 15.3. The number of hydrogen-bond donors (Lipinski definition) is 1. The molecule has 0 fully saturated rings. The van der Waals surface area contributed by atoms with E-state index in [4.69, 9.17) is 5.26 Å². The molecule has 1 heterocycles. The minimum Gasteiger partial charge on any atom is -0.325 e. The van der Waals surface area contributed by atoms with Crippen LogP contribution in [0, 0.1) is 11.3 Å². The average Bonchev–Trinajstić information content (AvgIpc) is 3.01. The van der Waals surface area contributed by atoms with Gasteiger partial charge in [-0.2, -0.15) is 5.26 Å². The molecule has 7 heteroatoms. The maximum Gasteiger partial charge on any atom is 0.225 e. The lowest BCUT2D eigenvalue weighted by Crippen LogP contribution is -2.17. The Morgan fingerprint density at radius 1 is 1.24 bits per heavy atom. The van der Waals surface area contributed by atoms with Gasteiger partial charge < -0.3 is 5.32 Å². The molecule has 0 aliphatic carbocycles. The highest BCUT2D eigenvalue weighted by molar-refractivity contribution is 7.93. The van der Waals surface area contributed by atoms with E-state index in [1.54, 1.807) is 35.7 Å². The number of amides is 1. The summed E-state index contributed by atoms with van der Waals surface area (Å²) in [5, 5.41) is 13.2. The van der Waals surface area contributed by atoms with Crippen molar-refractivity contribution in [3.63, 3.8) is 0 Å². The molecule has 1 amide bonds. The van der Waals surface area contributed by atoms with Gasteiger partial charge in [-0.15, -0.1) is 11.3 Å². The van der Waals surface area contributed by atoms with E-state index in [0.29, 0.717) is 11.3 Å². The van der Waals surface area contributed by atoms with E-state index in [9.17, 15) is 13.2 Å². The molecule has 0 saturated carbocycles. The first-order valence-corrected chi connectivity index (χ1v) is 8.61. The van der Waals surface area contributed by atoms with Crippen LogP contribution in [0.5, 0.6) is 0 Å². The molecule has 2 aromatic rings. The lowest BCUT2D eigenvalue weighted by molar-refractivity contribution is -0.115. The van der Waals surface area contributed by atoms with Gasteiger partial charge in [-0.1, -0.05) is 18.2 Å². The van der Waals surface area contributed by atoms with Gasteiger partial charge in [-0.3, -0.25) is 4.79 Å². The third-order valence-electron chi connectivity index (χ3n) is 2.72. The second-order valence-corrected chi connectivity index (χ2v) is 7.49. The summed E-state index contributed by atoms with van der Waals surface area (Å²) in [5.74, 6) is -0.688. The van der Waals surface area contributed by atoms with Gasteiger partial charge in [0.25, 0.3) is 0 Å². The van der Waals surface area contributed by atoms with Crippen LogP contribution >= 0.6 is 11.3 Å². The Bertz CT molecular complexity index is 775. The van der Waals surface area contributed by atoms with E-state index < -0.39 is 15.7 Å². The number of hydrogen-bond acceptors (Lipinski definition) is 5. The van der Waals surface area contributed by atoms with Crippen molar-refractivity contribution in [3.8, 4) is 6.07 Å². The van der Waals surface area contributed by atoms with Crippen LogP contribution in [0.25, 0.3) is 0 Å². The van der Waals surface area contributed by atoms with E-state index in [-0.39, 0.29) is 16.4 Å². The highest BCUT2D eigenvalue weighted by Gasteiger charge is 2.17. The zero-order valence-corrected chi connectivity index (χ0v) is 12.6. The standard InChI is InChI=1S/C14H12N2O3S2/c15-10-11-4-1-2-5-12(11)16-13(17)7-9-21(18,19)14-6-3-8-20-14/h1-6,8H,7,9H2,(H,16,17). The van der Waals surface area contributed by atoms with Crippen molar-refractivity contribution in [2.24, 2.45) is 0 Å². The molecule has 1 aromatic heterocycles. The van der Waals surface area contributed by atoms with E-state index in [2.05, 4.69) is 5.32 Å². The fraction of sp³-hybridized carbons (Fsp3) is 0.143. The molecular formula is C14H12N2O3S2. The summed E-state index contributed by atoms with van der Waals surface area (Å²) in [6.45, 7) is 0. The molecular weight excluding hydrogens is 308 g/mol. The van der Waals surface area contributed by atoms with Crippen molar-refractivity contribution in [2.45, 2.75) is 10.6 Å². The van der Waals surface area contributed by atoms with Gasteiger partial charge in [-0.25, -0.2) is 8.42 Å². The molecule has 0 radical (unpaired) electrons. The molecule has 1 aromatic carbocycles. The Morgan fingerprint density at radius 2 is 2.00 bits per heavy atom. The summed E-state index contributed by atoms with van der Waals surface area (Å²) >= 11 is 1.13. The van der Waals surface area contributed by atoms with Crippen molar-refractivity contribution in [1.29, 1.82) is 5.26 Å². The van der Waals surface area contributed by atoms with Gasteiger partial charge in [0.15, 0.2) is 9.84 Å². The number of carbonyl (C=O) groups is 1. The van der Waals surface area contributed by atoms with Crippen LogP contribution in [0.3, 0.4) is 0 Å². The Morgan fingerprint density at radius 3 is 2.67 bits per heavy atom. The number of para-hydroxylation sites is 1. The highest BCUT2D eigenvalue weighted by Crippen LogP contribution is 2.19. The van der Waals surface area contributed by atoms with Crippen LogP contribution < -0.4 is 5.32 Å². The van der Waals surface area contributed by atoms with E-state index in [0.717, 1.165) is 11.3 Å². The van der Waals surface area contributed by atoms with Gasteiger partial charge in [0.05, 0.1) is 17.0 Å². The largest absolute Gasteiger partial charge is 0.325 e. The van der Waals surface area contributed by atoms with Gasteiger partial charge in [-0.05, 0) is 23.6 Å². The van der Waals surface area contributed by atoms with Crippen LogP contribution in [-0.4, -0.2) is 20.1 Å². The van der Waals surface area contributed by atoms with Gasteiger partial charge in [0, 0.05) is 6.42 Å². The Hall–Kier alpha value is -2.17. The van der Waals surface area contributed by atoms with Gasteiger partial charge in [0.1, 0.15) is 10.3 Å². The summed E-state index contributed by atoms with van der Waals surface area (Å²) in [6.07, 6.45) is -0.153. The minimum absolute atomic E-state index is 0.153. The van der Waals surface area contributed by atoms with Gasteiger partial charge in [0.2, 0.25) is 5.91 Å². The topological polar surface area (TPSA) is 87.0 Å². The van der Waals surface area contributed by atoms with Crippen LogP contribution in [0.4, 0.5) is 5.69 Å². The number of rotatable bonds is 5. The Kier molecular flexibility index (Phi) is 4.73. The highest BCUT2D eigenvalue weighted by atomic mass is 32.2. The Labute approximate surface area is 126 Å². The molecule has 0 spiro atoms. The zero-order valence-electron chi connectivity index (χ0n) is 10.9. The molecule has 0 saturated heterocycles. The molecule has 0 aliphatic rings. The van der Waals surface area contributed by atoms with Crippen LogP contribution in [-0.2, 0) is 14.6 Å². The number of carbonyl (C=O) groups excluding carboxylic acids is 1. The Balaban J connectivity index is 1.99. The molecule has 108 valence electrons. The fourth-order valence-electron chi connectivity index (χ4n) is 1.67. The molecule has 0 atom stereocenters. The van der Waals surface area contributed by atoms with E-state index in [1.165, 1.54) is 6.07 Å². The summed E-state index contributed by atoms with van der Waals surface area (Å²) in [4.78, 5) is 11.8.